The Morgan fingerprint density at radius 3 is 2.38 bits per heavy atom. The van der Waals surface area contributed by atoms with Gasteiger partial charge < -0.3 is 19.5 Å². The first-order valence-electron chi connectivity index (χ1n) is 12.4. The highest BCUT2D eigenvalue weighted by Crippen LogP contribution is 2.35. The highest BCUT2D eigenvalue weighted by molar-refractivity contribution is 8.18. The van der Waals surface area contributed by atoms with E-state index in [1.165, 1.54) is 0 Å². The number of amides is 3. The van der Waals surface area contributed by atoms with E-state index < -0.39 is 23.6 Å². The first kappa shape index (κ1) is 29.3. The van der Waals surface area contributed by atoms with Crippen LogP contribution in [0.5, 0.6) is 17.2 Å². The molecule has 1 aliphatic rings. The fraction of sp³-hybridized carbons (Fsp3) is 0.207. The topological polar surface area (TPSA) is 94.2 Å². The second kappa shape index (κ2) is 13.6. The van der Waals surface area contributed by atoms with E-state index in [2.05, 4.69) is 5.32 Å². The van der Waals surface area contributed by atoms with Gasteiger partial charge in [0.2, 0.25) is 5.91 Å². The maximum absolute atomic E-state index is 13.0. The van der Waals surface area contributed by atoms with Crippen molar-refractivity contribution in [2.24, 2.45) is 0 Å². The number of nitrogens with zero attached hydrogens (tertiary/aromatic N) is 1. The Labute approximate surface area is 246 Å². The molecule has 1 fully saturated rings. The molecule has 0 saturated carbocycles. The van der Waals surface area contributed by atoms with Crippen LogP contribution in [0.2, 0.25) is 10.0 Å². The molecule has 208 valence electrons. The molecule has 0 unspecified atom stereocenters. The van der Waals surface area contributed by atoms with Gasteiger partial charge in [-0.25, -0.2) is 0 Å². The van der Waals surface area contributed by atoms with Gasteiger partial charge in [-0.2, -0.15) is 0 Å². The van der Waals surface area contributed by atoms with Crippen LogP contribution in [-0.2, 0) is 16.2 Å². The molecule has 0 aromatic heterocycles. The third-order valence-electron chi connectivity index (χ3n) is 5.59. The van der Waals surface area contributed by atoms with Crippen LogP contribution < -0.4 is 19.5 Å². The number of rotatable bonds is 11. The standard InChI is InChI=1S/C29H26Cl2N2O6S/c1-3-37-22-10-8-21(9-11-22)32-27(34)16-33-28(35)26(40-29(33)36)14-18-5-12-24(25(13-18)38-4-2)39-17-19-6-7-20(30)15-23(19)31/h5-15H,3-4,16-17H2,1-2H3,(H,32,34)/b26-14+. The fourth-order valence-corrected chi connectivity index (χ4v) is 5.03. The minimum Gasteiger partial charge on any atom is -0.494 e. The quantitative estimate of drug-likeness (QED) is 0.236. The van der Waals surface area contributed by atoms with Crippen LogP contribution in [0, 0.1) is 0 Å². The summed E-state index contributed by atoms with van der Waals surface area (Å²) < 4.78 is 17.1. The van der Waals surface area contributed by atoms with Gasteiger partial charge in [0.1, 0.15) is 18.9 Å². The lowest BCUT2D eigenvalue weighted by Crippen LogP contribution is -2.36. The van der Waals surface area contributed by atoms with E-state index in [9.17, 15) is 14.4 Å². The van der Waals surface area contributed by atoms with Crippen molar-refractivity contribution >= 4 is 63.8 Å². The zero-order valence-electron chi connectivity index (χ0n) is 21.7. The van der Waals surface area contributed by atoms with E-state index in [1.807, 2.05) is 13.8 Å². The lowest BCUT2D eigenvalue weighted by molar-refractivity contribution is -0.127. The van der Waals surface area contributed by atoms with Gasteiger partial charge in [-0.3, -0.25) is 19.3 Å². The Morgan fingerprint density at radius 2 is 1.68 bits per heavy atom. The number of anilines is 1. The van der Waals surface area contributed by atoms with Crippen molar-refractivity contribution in [2.75, 3.05) is 25.1 Å². The molecule has 0 bridgehead atoms. The highest BCUT2D eigenvalue weighted by Gasteiger charge is 2.36. The lowest BCUT2D eigenvalue weighted by atomic mass is 10.1. The molecule has 40 heavy (non-hydrogen) atoms. The van der Waals surface area contributed by atoms with Crippen molar-refractivity contribution in [3.63, 3.8) is 0 Å². The predicted molar refractivity (Wildman–Crippen MR) is 157 cm³/mol. The van der Waals surface area contributed by atoms with E-state index in [-0.39, 0.29) is 11.5 Å². The number of hydrogen-bond acceptors (Lipinski definition) is 7. The molecule has 3 amide bonds. The molecule has 0 spiro atoms. The monoisotopic (exact) mass is 600 g/mol. The summed E-state index contributed by atoms with van der Waals surface area (Å²) >= 11 is 13.0. The summed E-state index contributed by atoms with van der Waals surface area (Å²) in [5.41, 5.74) is 1.92. The number of ether oxygens (including phenoxy) is 3. The summed E-state index contributed by atoms with van der Waals surface area (Å²) in [6.07, 6.45) is 1.58. The first-order valence-corrected chi connectivity index (χ1v) is 14.0. The molecule has 1 aliphatic heterocycles. The molecular formula is C29H26Cl2N2O6S. The maximum atomic E-state index is 13.0. The summed E-state index contributed by atoms with van der Waals surface area (Å²) in [5, 5.41) is 3.19. The van der Waals surface area contributed by atoms with Gasteiger partial charge in [-0.05, 0) is 85.8 Å². The van der Waals surface area contributed by atoms with Gasteiger partial charge >= 0.3 is 0 Å². The summed E-state index contributed by atoms with van der Waals surface area (Å²) in [4.78, 5) is 39.1. The Kier molecular flexibility index (Phi) is 9.98. The zero-order chi connectivity index (χ0) is 28.6. The molecule has 0 aliphatic carbocycles. The smallest absolute Gasteiger partial charge is 0.294 e. The number of carbonyl (C=O) groups excluding carboxylic acids is 3. The molecule has 1 saturated heterocycles. The number of carbonyl (C=O) groups is 3. The second-order valence-corrected chi connectivity index (χ2v) is 10.3. The second-order valence-electron chi connectivity index (χ2n) is 8.44. The molecule has 11 heteroatoms. The van der Waals surface area contributed by atoms with Crippen molar-refractivity contribution in [1.29, 1.82) is 0 Å². The molecule has 3 aromatic carbocycles. The highest BCUT2D eigenvalue weighted by atomic mass is 35.5. The fourth-order valence-electron chi connectivity index (χ4n) is 3.73. The summed E-state index contributed by atoms with van der Waals surface area (Å²) in [7, 11) is 0. The van der Waals surface area contributed by atoms with Crippen LogP contribution in [0.4, 0.5) is 10.5 Å². The van der Waals surface area contributed by atoms with Crippen LogP contribution >= 0.6 is 35.0 Å². The van der Waals surface area contributed by atoms with Gasteiger partial charge in [-0.1, -0.05) is 35.3 Å². The van der Waals surface area contributed by atoms with Gasteiger partial charge in [0.05, 0.1) is 18.1 Å². The van der Waals surface area contributed by atoms with Crippen LogP contribution in [0.15, 0.2) is 65.6 Å². The van der Waals surface area contributed by atoms with E-state index >= 15 is 0 Å². The van der Waals surface area contributed by atoms with Crippen molar-refractivity contribution < 1.29 is 28.6 Å². The average Bonchev–Trinajstić information content (AvgIpc) is 3.17. The van der Waals surface area contributed by atoms with Gasteiger partial charge in [0.15, 0.2) is 11.5 Å². The third kappa shape index (κ3) is 7.50. The van der Waals surface area contributed by atoms with Crippen molar-refractivity contribution in [3.05, 3.63) is 86.7 Å². The molecule has 1 heterocycles. The van der Waals surface area contributed by atoms with Crippen molar-refractivity contribution in [2.45, 2.75) is 20.5 Å². The minimum absolute atomic E-state index is 0.197. The summed E-state index contributed by atoms with van der Waals surface area (Å²) in [6.45, 7) is 4.44. The Hall–Kier alpha value is -3.66. The molecule has 3 aromatic rings. The molecule has 8 nitrogen and oxygen atoms in total. The molecule has 1 N–H and O–H groups in total. The molecule has 4 rings (SSSR count). The van der Waals surface area contributed by atoms with E-state index in [1.54, 1.807) is 66.7 Å². The van der Waals surface area contributed by atoms with Crippen LogP contribution in [0.1, 0.15) is 25.0 Å². The molecule has 0 radical (unpaired) electrons. The van der Waals surface area contributed by atoms with Crippen LogP contribution in [-0.4, -0.2) is 41.7 Å². The van der Waals surface area contributed by atoms with E-state index in [4.69, 9.17) is 37.4 Å². The Morgan fingerprint density at radius 1 is 0.925 bits per heavy atom. The number of benzene rings is 3. The third-order valence-corrected chi connectivity index (χ3v) is 7.08. The Bertz CT molecular complexity index is 1440. The van der Waals surface area contributed by atoms with Crippen molar-refractivity contribution in [3.8, 4) is 17.2 Å². The summed E-state index contributed by atoms with van der Waals surface area (Å²) in [5.74, 6) is 0.593. The minimum atomic E-state index is -0.549. The number of halogens is 2. The number of imide groups is 1. The maximum Gasteiger partial charge on any atom is 0.294 e. The Balaban J connectivity index is 1.42. The normalized spacial score (nSPS) is 14.0. The van der Waals surface area contributed by atoms with E-state index in [0.29, 0.717) is 51.8 Å². The van der Waals surface area contributed by atoms with Crippen molar-refractivity contribution in [1.82, 2.24) is 4.90 Å². The number of nitrogens with one attached hydrogen (secondary N) is 1. The van der Waals surface area contributed by atoms with Crippen LogP contribution in [0.25, 0.3) is 6.08 Å². The lowest BCUT2D eigenvalue weighted by Gasteiger charge is -2.14. The van der Waals surface area contributed by atoms with Gasteiger partial charge in [-0.15, -0.1) is 0 Å². The summed E-state index contributed by atoms with van der Waals surface area (Å²) in [6, 6.07) is 17.2. The number of thioether (sulfide) groups is 1. The van der Waals surface area contributed by atoms with Crippen LogP contribution in [0.3, 0.4) is 0 Å². The largest absolute Gasteiger partial charge is 0.494 e. The predicted octanol–water partition coefficient (Wildman–Crippen LogP) is 7.04. The van der Waals surface area contributed by atoms with Gasteiger partial charge in [0, 0.05) is 21.3 Å². The SMILES string of the molecule is CCOc1ccc(NC(=O)CN2C(=O)S/C(=C/c3ccc(OCc4ccc(Cl)cc4Cl)c(OCC)c3)C2=O)cc1. The molecule has 0 atom stereocenters. The number of hydrogen-bond donors (Lipinski definition) is 1. The van der Waals surface area contributed by atoms with Gasteiger partial charge in [0.25, 0.3) is 11.1 Å². The molecular weight excluding hydrogens is 575 g/mol. The first-order chi connectivity index (χ1) is 19.3. The van der Waals surface area contributed by atoms with E-state index in [0.717, 1.165) is 22.2 Å². The zero-order valence-corrected chi connectivity index (χ0v) is 24.1. The average molecular weight is 602 g/mol.